The van der Waals surface area contributed by atoms with Gasteiger partial charge in [-0.15, -0.1) is 0 Å². The first-order valence-electron chi connectivity index (χ1n) is 9.34. The molecule has 0 radical (unpaired) electrons. The fraction of sp³-hybridized carbons (Fsp3) is 0.409. The third kappa shape index (κ3) is 7.81. The van der Waals surface area contributed by atoms with E-state index in [2.05, 4.69) is 0 Å². The van der Waals surface area contributed by atoms with E-state index in [1.165, 1.54) is 0 Å². The standard InChI is InChI=1S/C22H28O5/c23-18(16-27-19-9-5-3-6-10-19)13-14-20-17(12-15-21(20)24)8-4-1-2-7-11-22(25)26/h1,3-6,9-10,12-14,18,20-21,23-24H,2,7-8,11,15-16H2,(H,25,26)/b4-1-,14-13+/t18-,20-,21-/m1/s1. The van der Waals surface area contributed by atoms with Crippen molar-refractivity contribution in [2.45, 2.75) is 44.3 Å². The van der Waals surface area contributed by atoms with Crippen LogP contribution >= 0.6 is 0 Å². The van der Waals surface area contributed by atoms with E-state index in [9.17, 15) is 15.0 Å². The molecule has 5 heteroatoms. The maximum absolute atomic E-state index is 10.5. The van der Waals surface area contributed by atoms with E-state index >= 15 is 0 Å². The number of hydrogen-bond acceptors (Lipinski definition) is 4. The summed E-state index contributed by atoms with van der Waals surface area (Å²) >= 11 is 0. The summed E-state index contributed by atoms with van der Waals surface area (Å²) in [5.74, 6) is -0.176. The molecule has 0 spiro atoms. The molecule has 0 bridgehead atoms. The Bertz CT molecular complexity index is 663. The van der Waals surface area contributed by atoms with Crippen LogP contribution in [-0.2, 0) is 4.79 Å². The summed E-state index contributed by atoms with van der Waals surface area (Å²) in [6.07, 6.45) is 11.2. The van der Waals surface area contributed by atoms with Crippen molar-refractivity contribution in [1.29, 1.82) is 0 Å². The summed E-state index contributed by atoms with van der Waals surface area (Å²) < 4.78 is 5.52. The highest BCUT2D eigenvalue weighted by molar-refractivity contribution is 5.66. The van der Waals surface area contributed by atoms with E-state index < -0.39 is 18.2 Å². The number of para-hydroxylation sites is 1. The number of aliphatic hydroxyl groups is 2. The molecule has 0 amide bonds. The largest absolute Gasteiger partial charge is 0.491 e. The smallest absolute Gasteiger partial charge is 0.303 e. The molecule has 1 aromatic rings. The topological polar surface area (TPSA) is 87.0 Å². The van der Waals surface area contributed by atoms with Crippen molar-refractivity contribution < 1.29 is 24.9 Å². The van der Waals surface area contributed by atoms with Crippen LogP contribution in [0.1, 0.15) is 32.1 Å². The molecule has 1 aliphatic rings. The molecule has 1 aromatic carbocycles. The first kappa shape index (κ1) is 20.9. The number of carboxylic acid groups (broad SMARTS) is 1. The number of aliphatic hydroxyl groups excluding tert-OH is 2. The Morgan fingerprint density at radius 1 is 1.26 bits per heavy atom. The van der Waals surface area contributed by atoms with Gasteiger partial charge in [-0.2, -0.15) is 0 Å². The molecule has 2 rings (SSSR count). The van der Waals surface area contributed by atoms with Crippen LogP contribution in [-0.4, -0.2) is 40.1 Å². The number of unbranched alkanes of at least 4 members (excludes halogenated alkanes) is 1. The quantitative estimate of drug-likeness (QED) is 0.409. The highest BCUT2D eigenvalue weighted by Crippen LogP contribution is 2.30. The van der Waals surface area contributed by atoms with Gasteiger partial charge in [0.1, 0.15) is 18.5 Å². The van der Waals surface area contributed by atoms with Crippen LogP contribution in [0.25, 0.3) is 0 Å². The molecule has 0 saturated heterocycles. The van der Waals surface area contributed by atoms with Crippen LogP contribution in [0.2, 0.25) is 0 Å². The minimum Gasteiger partial charge on any atom is -0.491 e. The van der Waals surface area contributed by atoms with Crippen molar-refractivity contribution >= 4 is 5.97 Å². The van der Waals surface area contributed by atoms with E-state index in [1.54, 1.807) is 6.08 Å². The number of benzene rings is 1. The summed E-state index contributed by atoms with van der Waals surface area (Å²) in [5, 5.41) is 28.9. The maximum atomic E-state index is 10.5. The normalized spacial score (nSPS) is 20.9. The van der Waals surface area contributed by atoms with Crippen molar-refractivity contribution in [3.8, 4) is 5.75 Å². The molecule has 0 unspecified atom stereocenters. The highest BCUT2D eigenvalue weighted by atomic mass is 16.5. The third-order valence-electron chi connectivity index (χ3n) is 4.45. The third-order valence-corrected chi connectivity index (χ3v) is 4.45. The minimum absolute atomic E-state index is 0.111. The maximum Gasteiger partial charge on any atom is 0.303 e. The van der Waals surface area contributed by atoms with Gasteiger partial charge >= 0.3 is 5.97 Å². The van der Waals surface area contributed by atoms with E-state index in [4.69, 9.17) is 9.84 Å². The predicted octanol–water partition coefficient (Wildman–Crippen LogP) is 3.49. The summed E-state index contributed by atoms with van der Waals surface area (Å²) in [7, 11) is 0. The molecule has 0 aromatic heterocycles. The zero-order valence-electron chi connectivity index (χ0n) is 15.4. The van der Waals surface area contributed by atoms with Crippen LogP contribution in [0.5, 0.6) is 5.75 Å². The van der Waals surface area contributed by atoms with Crippen LogP contribution < -0.4 is 4.74 Å². The van der Waals surface area contributed by atoms with Gasteiger partial charge in [0.2, 0.25) is 0 Å². The van der Waals surface area contributed by atoms with Crippen molar-refractivity contribution in [3.63, 3.8) is 0 Å². The van der Waals surface area contributed by atoms with Gasteiger partial charge in [0.15, 0.2) is 0 Å². The van der Waals surface area contributed by atoms with E-state index in [0.29, 0.717) is 18.6 Å². The van der Waals surface area contributed by atoms with Crippen molar-refractivity contribution in [2.75, 3.05) is 6.61 Å². The lowest BCUT2D eigenvalue weighted by Crippen LogP contribution is -2.18. The van der Waals surface area contributed by atoms with Gasteiger partial charge in [-0.05, 0) is 37.8 Å². The lowest BCUT2D eigenvalue weighted by molar-refractivity contribution is -0.137. The van der Waals surface area contributed by atoms with Crippen LogP contribution in [0.15, 0.2) is 66.3 Å². The second kappa shape index (κ2) is 11.4. The first-order chi connectivity index (χ1) is 13.1. The van der Waals surface area contributed by atoms with Crippen LogP contribution in [0.3, 0.4) is 0 Å². The molecule has 0 heterocycles. The molecule has 3 atom stereocenters. The Kier molecular flexibility index (Phi) is 8.81. The van der Waals surface area contributed by atoms with Gasteiger partial charge < -0.3 is 20.1 Å². The summed E-state index contributed by atoms with van der Waals surface area (Å²) in [6.45, 7) is 0.159. The zero-order chi connectivity index (χ0) is 19.5. The molecular weight excluding hydrogens is 344 g/mol. The van der Waals surface area contributed by atoms with Crippen molar-refractivity contribution in [3.05, 3.63) is 66.3 Å². The molecule has 3 N–H and O–H groups in total. The number of hydrogen-bond donors (Lipinski definition) is 3. The lowest BCUT2D eigenvalue weighted by atomic mass is 9.95. The Balaban J connectivity index is 1.77. The fourth-order valence-electron chi connectivity index (χ4n) is 2.98. The molecule has 0 saturated carbocycles. The minimum atomic E-state index is -0.773. The fourth-order valence-corrected chi connectivity index (χ4v) is 2.98. The van der Waals surface area contributed by atoms with E-state index in [-0.39, 0.29) is 18.9 Å². The number of ether oxygens (including phenoxy) is 1. The first-order valence-corrected chi connectivity index (χ1v) is 9.34. The monoisotopic (exact) mass is 372 g/mol. The molecule has 0 fully saturated rings. The zero-order valence-corrected chi connectivity index (χ0v) is 15.4. The summed E-state index contributed by atoms with van der Waals surface area (Å²) in [5.41, 5.74) is 1.12. The molecular formula is C22H28O5. The van der Waals surface area contributed by atoms with Gasteiger partial charge in [-0.3, -0.25) is 4.79 Å². The number of rotatable bonds is 11. The Labute approximate surface area is 160 Å². The van der Waals surface area contributed by atoms with Crippen LogP contribution in [0, 0.1) is 5.92 Å². The van der Waals surface area contributed by atoms with Crippen LogP contribution in [0.4, 0.5) is 0 Å². The average molecular weight is 372 g/mol. The predicted molar refractivity (Wildman–Crippen MR) is 105 cm³/mol. The molecule has 1 aliphatic carbocycles. The number of carboxylic acids is 1. The Morgan fingerprint density at radius 3 is 2.78 bits per heavy atom. The summed E-state index contributed by atoms with van der Waals surface area (Å²) in [4.78, 5) is 10.5. The average Bonchev–Trinajstić information content (AvgIpc) is 3.01. The second-order valence-corrected chi connectivity index (χ2v) is 6.65. The summed E-state index contributed by atoms with van der Waals surface area (Å²) in [6, 6.07) is 9.32. The highest BCUT2D eigenvalue weighted by Gasteiger charge is 2.25. The van der Waals surface area contributed by atoms with E-state index in [1.807, 2.05) is 54.6 Å². The molecule has 146 valence electrons. The lowest BCUT2D eigenvalue weighted by Gasteiger charge is -2.15. The second-order valence-electron chi connectivity index (χ2n) is 6.65. The van der Waals surface area contributed by atoms with Gasteiger partial charge in [0, 0.05) is 12.3 Å². The molecule has 0 aliphatic heterocycles. The van der Waals surface area contributed by atoms with Gasteiger partial charge in [-0.1, -0.05) is 54.2 Å². The number of carbonyl (C=O) groups is 1. The number of allylic oxidation sites excluding steroid dienone is 2. The number of aliphatic carboxylic acids is 1. The SMILES string of the molecule is O=C(O)CCC/C=C\CC1=CC[C@@H](O)[C@@H]1/C=C/[C@@H](O)COc1ccccc1. The van der Waals surface area contributed by atoms with E-state index in [0.717, 1.165) is 18.4 Å². The van der Waals surface area contributed by atoms with Crippen molar-refractivity contribution in [1.82, 2.24) is 0 Å². The van der Waals surface area contributed by atoms with Gasteiger partial charge in [0.25, 0.3) is 0 Å². The molecule has 27 heavy (non-hydrogen) atoms. The van der Waals surface area contributed by atoms with Crippen molar-refractivity contribution in [2.24, 2.45) is 5.92 Å². The van der Waals surface area contributed by atoms with Gasteiger partial charge in [-0.25, -0.2) is 0 Å². The Hall–Kier alpha value is -2.37. The molecule has 5 nitrogen and oxygen atoms in total. The Morgan fingerprint density at radius 2 is 2.04 bits per heavy atom. The van der Waals surface area contributed by atoms with Gasteiger partial charge in [0.05, 0.1) is 6.10 Å².